The number of nitrogens with one attached hydrogen (secondary N) is 1. The largest absolute Gasteiger partial charge is 0.573 e. The molecule has 29 heavy (non-hydrogen) atoms. The van der Waals surface area contributed by atoms with Crippen LogP contribution >= 0.6 is 0 Å². The highest BCUT2D eigenvalue weighted by Gasteiger charge is 2.35. The van der Waals surface area contributed by atoms with E-state index in [1.54, 1.807) is 16.7 Å². The molecule has 158 valence electrons. The zero-order chi connectivity index (χ0) is 21.2. The Kier molecular flexibility index (Phi) is 5.96. The number of halogens is 3. The van der Waals surface area contributed by atoms with Crippen LogP contribution in [0.1, 0.15) is 25.8 Å². The number of benzene rings is 1. The summed E-state index contributed by atoms with van der Waals surface area (Å²) in [5, 5.41) is 14.3. The van der Waals surface area contributed by atoms with Gasteiger partial charge in [-0.05, 0) is 35.0 Å². The van der Waals surface area contributed by atoms with E-state index in [0.29, 0.717) is 19.0 Å². The Balaban J connectivity index is 1.67. The summed E-state index contributed by atoms with van der Waals surface area (Å²) in [5.41, 5.74) is 0.769. The van der Waals surface area contributed by atoms with Crippen molar-refractivity contribution in [2.45, 2.75) is 51.9 Å². The van der Waals surface area contributed by atoms with E-state index < -0.39 is 11.3 Å². The molecule has 3 rings (SSSR count). The lowest BCUT2D eigenvalue weighted by atomic mass is 9.98. The van der Waals surface area contributed by atoms with Crippen molar-refractivity contribution in [3.8, 4) is 11.8 Å². The van der Waals surface area contributed by atoms with Crippen molar-refractivity contribution < 1.29 is 27.6 Å². The molecule has 2 unspecified atom stereocenters. The van der Waals surface area contributed by atoms with Crippen molar-refractivity contribution in [1.29, 1.82) is 0 Å². The Morgan fingerprint density at radius 2 is 2.07 bits per heavy atom. The molecule has 0 bridgehead atoms. The van der Waals surface area contributed by atoms with Gasteiger partial charge in [-0.25, -0.2) is 0 Å². The summed E-state index contributed by atoms with van der Waals surface area (Å²) in [6, 6.07) is 5.67. The number of nitro groups is 1. The molecule has 0 fully saturated rings. The first-order chi connectivity index (χ1) is 13.6. The second-order valence-corrected chi connectivity index (χ2v) is 7.26. The Bertz CT molecular complexity index is 852. The number of rotatable bonds is 7. The van der Waals surface area contributed by atoms with Gasteiger partial charge in [0.15, 0.2) is 0 Å². The van der Waals surface area contributed by atoms with Gasteiger partial charge in [0.25, 0.3) is 0 Å². The van der Waals surface area contributed by atoms with E-state index in [1.165, 1.54) is 18.3 Å². The molecule has 2 atom stereocenters. The van der Waals surface area contributed by atoms with Crippen LogP contribution in [0.3, 0.4) is 0 Å². The third kappa shape index (κ3) is 5.59. The zero-order valence-corrected chi connectivity index (χ0v) is 15.8. The summed E-state index contributed by atoms with van der Waals surface area (Å²) in [6.45, 7) is 4.91. The van der Waals surface area contributed by atoms with E-state index in [0.717, 1.165) is 12.0 Å². The number of aromatic nitrogens is 2. The second kappa shape index (κ2) is 8.27. The van der Waals surface area contributed by atoms with E-state index >= 15 is 0 Å². The summed E-state index contributed by atoms with van der Waals surface area (Å²) in [5.74, 6) is -0.223. The van der Waals surface area contributed by atoms with Crippen LogP contribution in [0.15, 0.2) is 30.5 Å². The first-order valence-corrected chi connectivity index (χ1v) is 9.07. The molecule has 0 saturated carbocycles. The quantitative estimate of drug-likeness (QED) is 0.549. The van der Waals surface area contributed by atoms with Gasteiger partial charge < -0.3 is 24.9 Å². The van der Waals surface area contributed by atoms with E-state index in [1.807, 2.05) is 13.8 Å². The SMILES string of the molecule is CC(C)CC1Oc2nc([N+](=O)[O-])cn2CC1NCc1ccc(OC(F)(F)F)cc1. The van der Waals surface area contributed by atoms with Crippen molar-refractivity contribution in [3.63, 3.8) is 0 Å². The number of ether oxygens (including phenoxy) is 2. The minimum absolute atomic E-state index is 0.148. The van der Waals surface area contributed by atoms with Crippen LogP contribution < -0.4 is 14.8 Å². The van der Waals surface area contributed by atoms with Gasteiger partial charge in [-0.15, -0.1) is 13.2 Å². The topological polar surface area (TPSA) is 91.5 Å². The fraction of sp³-hybridized carbons (Fsp3) is 0.500. The number of nitrogens with zero attached hydrogens (tertiary/aromatic N) is 3. The number of alkyl halides is 3. The fourth-order valence-electron chi connectivity index (χ4n) is 3.18. The first kappa shape index (κ1) is 20.9. The minimum atomic E-state index is -4.73. The Hall–Kier alpha value is -2.82. The highest BCUT2D eigenvalue weighted by atomic mass is 19.4. The molecule has 0 spiro atoms. The van der Waals surface area contributed by atoms with Gasteiger partial charge in [-0.2, -0.15) is 0 Å². The normalized spacial score (nSPS) is 19.0. The monoisotopic (exact) mass is 414 g/mol. The number of hydrogen-bond acceptors (Lipinski definition) is 6. The molecule has 11 heteroatoms. The van der Waals surface area contributed by atoms with E-state index in [4.69, 9.17) is 4.74 Å². The minimum Gasteiger partial charge on any atom is -0.441 e. The van der Waals surface area contributed by atoms with Crippen molar-refractivity contribution in [1.82, 2.24) is 14.9 Å². The predicted octanol–water partition coefficient (Wildman–Crippen LogP) is 3.66. The van der Waals surface area contributed by atoms with Crippen molar-refractivity contribution >= 4 is 5.82 Å². The van der Waals surface area contributed by atoms with Crippen LogP contribution in [-0.4, -0.2) is 33.0 Å². The lowest BCUT2D eigenvalue weighted by Crippen LogP contribution is -2.49. The van der Waals surface area contributed by atoms with Crippen molar-refractivity contribution in [3.05, 3.63) is 46.1 Å². The van der Waals surface area contributed by atoms with Gasteiger partial charge in [0.1, 0.15) is 18.1 Å². The lowest BCUT2D eigenvalue weighted by Gasteiger charge is -2.32. The van der Waals surface area contributed by atoms with Gasteiger partial charge in [0, 0.05) is 18.1 Å². The highest BCUT2D eigenvalue weighted by Crippen LogP contribution is 2.27. The molecule has 0 amide bonds. The molecule has 0 saturated heterocycles. The number of hydrogen-bond donors (Lipinski definition) is 1. The fourth-order valence-corrected chi connectivity index (χ4v) is 3.18. The Labute approximate surface area is 164 Å². The van der Waals surface area contributed by atoms with Crippen LogP contribution in [0.4, 0.5) is 19.0 Å². The molecule has 0 aliphatic carbocycles. The van der Waals surface area contributed by atoms with Crippen molar-refractivity contribution in [2.24, 2.45) is 5.92 Å². The maximum absolute atomic E-state index is 12.3. The highest BCUT2D eigenvalue weighted by molar-refractivity contribution is 5.27. The zero-order valence-electron chi connectivity index (χ0n) is 15.8. The van der Waals surface area contributed by atoms with E-state index in [2.05, 4.69) is 15.0 Å². The summed E-state index contributed by atoms with van der Waals surface area (Å²) < 4.78 is 48.1. The maximum Gasteiger partial charge on any atom is 0.573 e. The average Bonchev–Trinajstić information content (AvgIpc) is 3.02. The maximum atomic E-state index is 12.3. The molecular weight excluding hydrogens is 393 g/mol. The van der Waals surface area contributed by atoms with Gasteiger partial charge in [-0.3, -0.25) is 4.57 Å². The standard InChI is InChI=1S/C18H21F3N4O4/c1-11(2)7-15-14(9-24-10-16(25(26)27)23-17(24)28-15)22-8-12-3-5-13(6-4-12)29-18(19,20)21/h3-6,10-11,14-15,22H,7-9H2,1-2H3. The van der Waals surface area contributed by atoms with Crippen LogP contribution in [-0.2, 0) is 13.1 Å². The van der Waals surface area contributed by atoms with Gasteiger partial charge in [0.05, 0.1) is 6.04 Å². The summed E-state index contributed by atoms with van der Waals surface area (Å²) >= 11 is 0. The van der Waals surface area contributed by atoms with E-state index in [9.17, 15) is 23.3 Å². The first-order valence-electron chi connectivity index (χ1n) is 9.07. The van der Waals surface area contributed by atoms with Crippen molar-refractivity contribution in [2.75, 3.05) is 0 Å². The van der Waals surface area contributed by atoms with Crippen LogP contribution in [0, 0.1) is 16.0 Å². The molecule has 2 aromatic rings. The average molecular weight is 414 g/mol. The van der Waals surface area contributed by atoms with Gasteiger partial charge >= 0.3 is 18.2 Å². The lowest BCUT2D eigenvalue weighted by molar-refractivity contribution is -0.389. The second-order valence-electron chi connectivity index (χ2n) is 7.26. The molecular formula is C18H21F3N4O4. The Morgan fingerprint density at radius 3 is 2.66 bits per heavy atom. The summed E-state index contributed by atoms with van der Waals surface area (Å²) in [4.78, 5) is 14.3. The van der Waals surface area contributed by atoms with Gasteiger partial charge in [0.2, 0.25) is 0 Å². The smallest absolute Gasteiger partial charge is 0.441 e. The molecule has 1 aromatic heterocycles. The van der Waals surface area contributed by atoms with E-state index in [-0.39, 0.29) is 29.7 Å². The predicted molar refractivity (Wildman–Crippen MR) is 96.5 cm³/mol. The molecule has 1 aromatic carbocycles. The third-order valence-electron chi connectivity index (χ3n) is 4.44. The number of fused-ring (bicyclic) bond motifs is 1. The molecule has 1 aliphatic rings. The molecule has 1 N–H and O–H groups in total. The third-order valence-corrected chi connectivity index (χ3v) is 4.44. The molecule has 2 heterocycles. The molecule has 8 nitrogen and oxygen atoms in total. The molecule has 0 radical (unpaired) electrons. The van der Waals surface area contributed by atoms with Crippen LogP contribution in [0.2, 0.25) is 0 Å². The number of imidazole rings is 1. The molecule has 1 aliphatic heterocycles. The Morgan fingerprint density at radius 1 is 1.38 bits per heavy atom. The summed E-state index contributed by atoms with van der Waals surface area (Å²) in [6.07, 6.45) is -2.92. The van der Waals surface area contributed by atoms with Gasteiger partial charge in [-0.1, -0.05) is 26.0 Å². The van der Waals surface area contributed by atoms with Crippen LogP contribution in [0.5, 0.6) is 11.8 Å². The summed E-state index contributed by atoms with van der Waals surface area (Å²) in [7, 11) is 0. The van der Waals surface area contributed by atoms with Crippen LogP contribution in [0.25, 0.3) is 0 Å².